The zero-order chi connectivity index (χ0) is 17.3. The first-order valence-corrected chi connectivity index (χ1v) is 9.24. The standard InChI is InChI=1S/C16H23N3O3S/c1-19(2)12-5-4-11-17-16(20)18-15-8-6-14(7-9-15)10-13-23(3,21)22/h6-9H,10-13H2,1-3H3,(H2,17,18,20). The van der Waals surface area contributed by atoms with E-state index in [9.17, 15) is 13.2 Å². The van der Waals surface area contributed by atoms with Gasteiger partial charge in [0.2, 0.25) is 0 Å². The van der Waals surface area contributed by atoms with Gasteiger partial charge in [0.1, 0.15) is 9.84 Å². The van der Waals surface area contributed by atoms with Crippen LogP contribution in [-0.4, -0.2) is 58.5 Å². The number of anilines is 1. The molecule has 1 aromatic carbocycles. The van der Waals surface area contributed by atoms with Gasteiger partial charge >= 0.3 is 6.03 Å². The number of benzene rings is 1. The van der Waals surface area contributed by atoms with Gasteiger partial charge < -0.3 is 10.6 Å². The van der Waals surface area contributed by atoms with Gasteiger partial charge in [-0.15, -0.1) is 0 Å². The summed E-state index contributed by atoms with van der Waals surface area (Å²) in [7, 11) is 0.882. The summed E-state index contributed by atoms with van der Waals surface area (Å²) in [5, 5.41) is 5.34. The van der Waals surface area contributed by atoms with E-state index < -0.39 is 9.84 Å². The number of carbonyl (C=O) groups is 1. The van der Waals surface area contributed by atoms with Crippen molar-refractivity contribution in [1.29, 1.82) is 0 Å². The third kappa shape index (κ3) is 9.55. The van der Waals surface area contributed by atoms with Crippen molar-refractivity contribution >= 4 is 21.6 Å². The van der Waals surface area contributed by atoms with Gasteiger partial charge in [0.25, 0.3) is 0 Å². The number of hydrogen-bond donors (Lipinski definition) is 2. The van der Waals surface area contributed by atoms with Crippen molar-refractivity contribution in [2.45, 2.75) is 6.42 Å². The summed E-state index contributed by atoms with van der Waals surface area (Å²) in [6.45, 7) is 0.935. The zero-order valence-corrected chi connectivity index (χ0v) is 14.5. The van der Waals surface area contributed by atoms with Crippen LogP contribution in [0.15, 0.2) is 24.3 Å². The lowest BCUT2D eigenvalue weighted by Crippen LogP contribution is -2.29. The molecule has 6 nitrogen and oxygen atoms in total. The SMILES string of the molecule is CN(C)CC#CCNC(=O)Nc1ccc(CCS(C)(=O)=O)cc1. The van der Waals surface area contributed by atoms with E-state index in [0.29, 0.717) is 18.7 Å². The minimum atomic E-state index is -2.97. The van der Waals surface area contributed by atoms with Crippen molar-refractivity contribution < 1.29 is 13.2 Å². The summed E-state index contributed by atoms with van der Waals surface area (Å²) in [6, 6.07) is 6.77. The summed E-state index contributed by atoms with van der Waals surface area (Å²) in [5.41, 5.74) is 1.56. The van der Waals surface area contributed by atoms with E-state index in [4.69, 9.17) is 0 Å². The molecule has 0 bridgehead atoms. The normalized spacial score (nSPS) is 10.8. The summed E-state index contributed by atoms with van der Waals surface area (Å²) >= 11 is 0. The largest absolute Gasteiger partial charge is 0.327 e. The van der Waals surface area contributed by atoms with Crippen LogP contribution in [0.2, 0.25) is 0 Å². The second kappa shape index (κ2) is 9.18. The predicted octanol–water partition coefficient (Wildman–Crippen LogP) is 0.960. The Morgan fingerprint density at radius 1 is 1.17 bits per heavy atom. The highest BCUT2D eigenvalue weighted by molar-refractivity contribution is 7.90. The van der Waals surface area contributed by atoms with Gasteiger partial charge in [0.15, 0.2) is 0 Å². The zero-order valence-electron chi connectivity index (χ0n) is 13.7. The Hall–Kier alpha value is -2.04. The first-order valence-electron chi connectivity index (χ1n) is 7.18. The van der Waals surface area contributed by atoms with Gasteiger partial charge in [0.05, 0.1) is 18.8 Å². The van der Waals surface area contributed by atoms with Crippen LogP contribution in [0.3, 0.4) is 0 Å². The highest BCUT2D eigenvalue weighted by atomic mass is 32.2. The average Bonchev–Trinajstić information content (AvgIpc) is 2.45. The Kier molecular flexibility index (Phi) is 7.59. The maximum atomic E-state index is 11.7. The highest BCUT2D eigenvalue weighted by Gasteiger charge is 2.04. The number of hydrogen-bond acceptors (Lipinski definition) is 4. The van der Waals surface area contributed by atoms with Crippen molar-refractivity contribution in [3.63, 3.8) is 0 Å². The third-order valence-electron chi connectivity index (χ3n) is 2.83. The summed E-state index contributed by atoms with van der Waals surface area (Å²) in [4.78, 5) is 13.6. The highest BCUT2D eigenvalue weighted by Crippen LogP contribution is 2.10. The van der Waals surface area contributed by atoms with E-state index in [2.05, 4.69) is 22.5 Å². The fourth-order valence-electron chi connectivity index (χ4n) is 1.63. The Bertz CT molecular complexity index is 671. The lowest BCUT2D eigenvalue weighted by molar-refractivity contribution is 0.253. The molecular weight excluding hydrogens is 314 g/mol. The molecule has 0 aliphatic heterocycles. The number of rotatable bonds is 6. The Labute approximate surface area is 138 Å². The molecule has 1 aromatic rings. The molecule has 0 aliphatic rings. The summed E-state index contributed by atoms with van der Waals surface area (Å²) in [5.74, 6) is 5.89. The van der Waals surface area contributed by atoms with Crippen LogP contribution in [0.1, 0.15) is 5.56 Å². The molecule has 0 saturated carbocycles. The van der Waals surface area contributed by atoms with Crippen molar-refractivity contribution in [3.8, 4) is 11.8 Å². The lowest BCUT2D eigenvalue weighted by Gasteiger charge is -2.07. The topological polar surface area (TPSA) is 78.5 Å². The van der Waals surface area contributed by atoms with Crippen molar-refractivity contribution in [1.82, 2.24) is 10.2 Å². The van der Waals surface area contributed by atoms with E-state index in [-0.39, 0.29) is 18.3 Å². The molecule has 0 aromatic heterocycles. The first kappa shape index (κ1) is 19.0. The second-order valence-electron chi connectivity index (χ2n) is 5.48. The number of sulfone groups is 1. The van der Waals surface area contributed by atoms with E-state index in [1.807, 2.05) is 19.0 Å². The van der Waals surface area contributed by atoms with Crippen molar-refractivity contribution in [3.05, 3.63) is 29.8 Å². The Morgan fingerprint density at radius 3 is 2.39 bits per heavy atom. The van der Waals surface area contributed by atoms with Crippen LogP contribution in [0.4, 0.5) is 10.5 Å². The number of nitrogens with zero attached hydrogens (tertiary/aromatic N) is 1. The van der Waals surface area contributed by atoms with Gasteiger partial charge in [0, 0.05) is 11.9 Å². The smallest absolute Gasteiger partial charge is 0.319 e. The van der Waals surface area contributed by atoms with Gasteiger partial charge in [-0.25, -0.2) is 13.2 Å². The molecular formula is C16H23N3O3S. The van der Waals surface area contributed by atoms with Crippen LogP contribution in [0, 0.1) is 11.8 Å². The monoisotopic (exact) mass is 337 g/mol. The van der Waals surface area contributed by atoms with Gasteiger partial charge in [-0.05, 0) is 38.2 Å². The molecule has 0 aliphatic carbocycles. The molecule has 0 fully saturated rings. The van der Waals surface area contributed by atoms with Crippen LogP contribution < -0.4 is 10.6 Å². The fourth-order valence-corrected chi connectivity index (χ4v) is 2.24. The molecule has 7 heteroatoms. The maximum absolute atomic E-state index is 11.7. The Balaban J connectivity index is 2.39. The summed E-state index contributed by atoms with van der Waals surface area (Å²) in [6.07, 6.45) is 1.68. The maximum Gasteiger partial charge on any atom is 0.319 e. The van der Waals surface area contributed by atoms with E-state index in [1.165, 1.54) is 6.26 Å². The molecule has 1 rings (SSSR count). The van der Waals surface area contributed by atoms with Crippen LogP contribution in [-0.2, 0) is 16.3 Å². The first-order chi connectivity index (χ1) is 10.8. The second-order valence-corrected chi connectivity index (χ2v) is 7.74. The van der Waals surface area contributed by atoms with Gasteiger partial charge in [-0.2, -0.15) is 0 Å². The van der Waals surface area contributed by atoms with Gasteiger partial charge in [-0.1, -0.05) is 24.0 Å². The molecule has 2 amide bonds. The summed E-state index contributed by atoms with van der Waals surface area (Å²) < 4.78 is 22.2. The molecule has 0 spiro atoms. The number of urea groups is 1. The molecule has 0 heterocycles. The predicted molar refractivity (Wildman–Crippen MR) is 93.2 cm³/mol. The lowest BCUT2D eigenvalue weighted by atomic mass is 10.1. The molecule has 2 N–H and O–H groups in total. The van der Waals surface area contributed by atoms with E-state index >= 15 is 0 Å². The van der Waals surface area contributed by atoms with Gasteiger partial charge in [-0.3, -0.25) is 4.90 Å². The molecule has 0 unspecified atom stereocenters. The average molecular weight is 337 g/mol. The Morgan fingerprint density at radius 2 is 1.83 bits per heavy atom. The minimum Gasteiger partial charge on any atom is -0.327 e. The van der Waals surface area contributed by atoms with Crippen molar-refractivity contribution in [2.75, 3.05) is 44.5 Å². The molecule has 0 saturated heterocycles. The third-order valence-corrected chi connectivity index (χ3v) is 3.78. The van der Waals surface area contributed by atoms with E-state index in [0.717, 1.165) is 5.56 Å². The number of nitrogens with one attached hydrogen (secondary N) is 2. The number of carbonyl (C=O) groups excluding carboxylic acids is 1. The number of aryl methyl sites for hydroxylation is 1. The molecule has 0 radical (unpaired) electrons. The molecule has 23 heavy (non-hydrogen) atoms. The molecule has 0 atom stereocenters. The van der Waals surface area contributed by atoms with E-state index in [1.54, 1.807) is 24.3 Å². The quantitative estimate of drug-likeness (QED) is 0.758. The van der Waals surface area contributed by atoms with Crippen LogP contribution in [0.5, 0.6) is 0 Å². The van der Waals surface area contributed by atoms with Crippen molar-refractivity contribution in [2.24, 2.45) is 0 Å². The number of amides is 2. The van der Waals surface area contributed by atoms with Crippen LogP contribution in [0.25, 0.3) is 0 Å². The minimum absolute atomic E-state index is 0.117. The van der Waals surface area contributed by atoms with Crippen LogP contribution >= 0.6 is 0 Å². The fraction of sp³-hybridized carbons (Fsp3) is 0.438. The molecule has 126 valence electrons.